The molecule has 48 heavy (non-hydrogen) atoms. The van der Waals surface area contributed by atoms with Crippen molar-refractivity contribution < 1.29 is 23.8 Å². The first kappa shape index (κ1) is 34.1. The van der Waals surface area contributed by atoms with E-state index in [1.165, 1.54) is 13.2 Å². The number of methoxy groups -OCH3 is 2. The number of amides is 1. The number of carbonyl (C=O) groups is 1. The van der Waals surface area contributed by atoms with Crippen LogP contribution in [-0.2, 0) is 17.9 Å². The van der Waals surface area contributed by atoms with Gasteiger partial charge in [0.15, 0.2) is 0 Å². The number of hydrogen-bond acceptors (Lipinski definition) is 8. The zero-order chi connectivity index (χ0) is 34.0. The van der Waals surface area contributed by atoms with Gasteiger partial charge in [0.05, 0.1) is 41.3 Å². The van der Waals surface area contributed by atoms with Crippen molar-refractivity contribution in [2.75, 3.05) is 20.8 Å². The van der Waals surface area contributed by atoms with Crippen LogP contribution in [0.25, 0.3) is 33.6 Å². The smallest absolute Gasteiger partial charge is 0.220 e. The monoisotopic (exact) mass is 693 g/mol. The Morgan fingerprint density at radius 2 is 1.81 bits per heavy atom. The van der Waals surface area contributed by atoms with Crippen molar-refractivity contribution in [3.63, 3.8) is 0 Å². The third kappa shape index (κ3) is 7.28. The molecular formula is C36H38Cl2FN5O4. The molecule has 4 N–H and O–H groups in total. The van der Waals surface area contributed by atoms with E-state index in [1.54, 1.807) is 32.4 Å². The lowest BCUT2D eigenvalue weighted by atomic mass is 9.77. The molecule has 0 radical (unpaired) electrons. The summed E-state index contributed by atoms with van der Waals surface area (Å²) in [6, 6.07) is 14.6. The maximum Gasteiger partial charge on any atom is 0.220 e. The van der Waals surface area contributed by atoms with Crippen molar-refractivity contribution in [3.8, 4) is 45.3 Å². The van der Waals surface area contributed by atoms with E-state index in [0.29, 0.717) is 93.2 Å². The fraction of sp³-hybridized carbons (Fsp3) is 0.361. The molecule has 12 heteroatoms. The number of ether oxygens (including phenoxy) is 2. The minimum Gasteiger partial charge on any atom is -0.496 e. The molecule has 4 aromatic rings. The van der Waals surface area contributed by atoms with Gasteiger partial charge in [-0.25, -0.2) is 9.37 Å². The quantitative estimate of drug-likeness (QED) is 0.136. The van der Waals surface area contributed by atoms with Gasteiger partial charge in [-0.3, -0.25) is 9.78 Å². The zero-order valence-electron chi connectivity index (χ0n) is 27.0. The Morgan fingerprint density at radius 3 is 2.52 bits per heavy atom. The molecule has 3 heterocycles. The first-order valence-corrected chi connectivity index (χ1v) is 16.6. The van der Waals surface area contributed by atoms with Gasteiger partial charge in [0.2, 0.25) is 11.8 Å². The van der Waals surface area contributed by atoms with Crippen LogP contribution in [0.15, 0.2) is 54.7 Å². The van der Waals surface area contributed by atoms with E-state index in [-0.39, 0.29) is 24.5 Å². The molecule has 6 rings (SSSR count). The van der Waals surface area contributed by atoms with Crippen molar-refractivity contribution >= 4 is 29.1 Å². The molecule has 252 valence electrons. The van der Waals surface area contributed by atoms with Crippen molar-refractivity contribution in [2.45, 2.75) is 63.4 Å². The number of nitrogens with zero attached hydrogens (tertiary/aromatic N) is 2. The van der Waals surface area contributed by atoms with E-state index in [1.807, 2.05) is 30.3 Å². The normalized spacial score (nSPS) is 20.4. The molecule has 0 spiro atoms. The summed E-state index contributed by atoms with van der Waals surface area (Å²) in [6.07, 6.45) is 4.21. The van der Waals surface area contributed by atoms with E-state index >= 15 is 4.39 Å². The molecule has 2 fully saturated rings. The van der Waals surface area contributed by atoms with E-state index < -0.39 is 11.4 Å². The zero-order valence-corrected chi connectivity index (χ0v) is 28.5. The van der Waals surface area contributed by atoms with Crippen LogP contribution in [0.3, 0.4) is 0 Å². The number of aromatic nitrogens is 2. The van der Waals surface area contributed by atoms with Gasteiger partial charge in [-0.15, -0.1) is 0 Å². The number of nitrogens with one attached hydrogen (secondary N) is 3. The highest BCUT2D eigenvalue weighted by Crippen LogP contribution is 2.42. The Hall–Kier alpha value is -3.80. The molecule has 1 amide bonds. The van der Waals surface area contributed by atoms with Gasteiger partial charge >= 0.3 is 0 Å². The van der Waals surface area contributed by atoms with Crippen LogP contribution in [0.2, 0.25) is 10.0 Å². The van der Waals surface area contributed by atoms with E-state index in [2.05, 4.69) is 20.9 Å². The van der Waals surface area contributed by atoms with E-state index in [4.69, 9.17) is 37.7 Å². The summed E-state index contributed by atoms with van der Waals surface area (Å²) in [4.78, 5) is 20.7. The van der Waals surface area contributed by atoms with Gasteiger partial charge in [-0.2, -0.15) is 0 Å². The number of aliphatic hydroxyl groups is 1. The number of hydrogen-bond donors (Lipinski definition) is 4. The van der Waals surface area contributed by atoms with Crippen LogP contribution in [0, 0.1) is 5.82 Å². The summed E-state index contributed by atoms with van der Waals surface area (Å²) in [5.41, 5.74) is 4.04. The molecule has 0 unspecified atom stereocenters. The lowest BCUT2D eigenvalue weighted by Crippen LogP contribution is -2.51. The summed E-state index contributed by atoms with van der Waals surface area (Å²) in [7, 11) is 3.07. The second-order valence-electron chi connectivity index (χ2n) is 12.6. The molecular weight excluding hydrogens is 656 g/mol. The van der Waals surface area contributed by atoms with Gasteiger partial charge in [-0.05, 0) is 50.5 Å². The highest BCUT2D eigenvalue weighted by Gasteiger charge is 2.38. The van der Waals surface area contributed by atoms with Crippen LogP contribution in [-0.4, -0.2) is 59.4 Å². The highest BCUT2D eigenvalue weighted by molar-refractivity contribution is 6.39. The van der Waals surface area contributed by atoms with Crippen molar-refractivity contribution in [1.82, 2.24) is 25.9 Å². The van der Waals surface area contributed by atoms with Crippen molar-refractivity contribution in [1.29, 1.82) is 0 Å². The maximum absolute atomic E-state index is 15.5. The molecule has 9 nitrogen and oxygen atoms in total. The molecule has 0 bridgehead atoms. The van der Waals surface area contributed by atoms with Gasteiger partial charge < -0.3 is 30.5 Å². The molecule has 1 aliphatic heterocycles. The summed E-state index contributed by atoms with van der Waals surface area (Å²) in [5.74, 6) is 0.475. The summed E-state index contributed by atoms with van der Waals surface area (Å²) in [6.45, 7) is 3.24. The standard InChI is InChI=1S/C36H38Cl2FN5O4/c1-36(46)15-23(16-36)42-19-27-28(39)13-21(14-30(27)47-2)34-33(38)25(11-12-41-34)24-5-4-6-26(32(24)37)29-9-7-20(35(44-29)48-3)17-40-18-22-8-10-31(45)43-22/h4-7,9,11-14,22-23,40,42,46H,8,10,15-19H2,1-3H3,(H,43,45)/t22-,23-,36+/m1/s1. The predicted molar refractivity (Wildman–Crippen MR) is 185 cm³/mol. The summed E-state index contributed by atoms with van der Waals surface area (Å²) < 4.78 is 26.7. The Morgan fingerprint density at radius 1 is 1.04 bits per heavy atom. The summed E-state index contributed by atoms with van der Waals surface area (Å²) in [5, 5.41) is 20.4. The minimum atomic E-state index is -0.678. The van der Waals surface area contributed by atoms with Crippen molar-refractivity contribution in [3.05, 3.63) is 81.7 Å². The Kier molecular flexibility index (Phi) is 10.2. The second kappa shape index (κ2) is 14.4. The molecule has 1 atom stereocenters. The SMILES string of the molecule is COc1cc(-c2nccc(-c3cccc(-c4ccc(CNC[C@H]5CCC(=O)N5)c(OC)n4)c3Cl)c2Cl)cc(F)c1CN[C@H]1C[C@@](C)(O)C1. The van der Waals surface area contributed by atoms with E-state index in [0.717, 1.165) is 12.0 Å². The average molecular weight is 695 g/mol. The first-order valence-electron chi connectivity index (χ1n) is 15.9. The van der Waals surface area contributed by atoms with Gasteiger partial charge in [0.25, 0.3) is 0 Å². The van der Waals surface area contributed by atoms with Gasteiger partial charge in [0.1, 0.15) is 11.6 Å². The number of benzene rings is 2. The molecule has 2 aliphatic rings. The van der Waals surface area contributed by atoms with Crippen molar-refractivity contribution in [2.24, 2.45) is 0 Å². The lowest BCUT2D eigenvalue weighted by molar-refractivity contribution is -0.119. The average Bonchev–Trinajstić information content (AvgIpc) is 3.48. The first-order chi connectivity index (χ1) is 23.1. The molecule has 1 saturated carbocycles. The van der Waals surface area contributed by atoms with Crippen LogP contribution in [0.5, 0.6) is 11.6 Å². The van der Waals surface area contributed by atoms with E-state index in [9.17, 15) is 9.90 Å². The van der Waals surface area contributed by atoms with Gasteiger partial charge in [-0.1, -0.05) is 47.5 Å². The third-order valence-corrected chi connectivity index (χ3v) is 9.76. The maximum atomic E-state index is 15.5. The predicted octanol–water partition coefficient (Wildman–Crippen LogP) is 6.31. The summed E-state index contributed by atoms with van der Waals surface area (Å²) >= 11 is 14.0. The van der Waals surface area contributed by atoms with Crippen LogP contribution in [0.1, 0.15) is 43.7 Å². The topological polar surface area (TPSA) is 118 Å². The molecule has 1 saturated heterocycles. The number of halogens is 3. The van der Waals surface area contributed by atoms with Crippen LogP contribution < -0.4 is 25.4 Å². The fourth-order valence-electron chi connectivity index (χ4n) is 6.43. The van der Waals surface area contributed by atoms with Gasteiger partial charge in [0, 0.05) is 77.7 Å². The number of rotatable bonds is 12. The Bertz CT molecular complexity index is 1830. The second-order valence-corrected chi connectivity index (χ2v) is 13.4. The lowest BCUT2D eigenvalue weighted by Gasteiger charge is -2.41. The van der Waals surface area contributed by atoms with Crippen LogP contribution >= 0.6 is 23.2 Å². The molecule has 1 aliphatic carbocycles. The Labute approximate surface area is 289 Å². The number of pyridine rings is 2. The third-order valence-electron chi connectivity index (χ3n) is 8.97. The fourth-order valence-corrected chi connectivity index (χ4v) is 7.07. The molecule has 2 aromatic carbocycles. The molecule has 2 aromatic heterocycles. The van der Waals surface area contributed by atoms with Crippen LogP contribution in [0.4, 0.5) is 4.39 Å². The number of carbonyl (C=O) groups excluding carboxylic acids is 1. The minimum absolute atomic E-state index is 0.0852. The highest BCUT2D eigenvalue weighted by atomic mass is 35.5. The Balaban J connectivity index is 1.24. The largest absolute Gasteiger partial charge is 0.496 e.